The summed E-state index contributed by atoms with van der Waals surface area (Å²) in [5.74, 6) is 0.00382. The van der Waals surface area contributed by atoms with Crippen LogP contribution in [-0.2, 0) is 16.2 Å². The van der Waals surface area contributed by atoms with Crippen LogP contribution < -0.4 is 0 Å². The predicted molar refractivity (Wildman–Crippen MR) is 77.4 cm³/mol. The van der Waals surface area contributed by atoms with Gasteiger partial charge in [0.15, 0.2) is 5.78 Å². The molecule has 0 unspecified atom stereocenters. The van der Waals surface area contributed by atoms with Crippen molar-refractivity contribution in [3.8, 4) is 0 Å². The van der Waals surface area contributed by atoms with Crippen LogP contribution in [0.1, 0.15) is 32.3 Å². The zero-order valence-electron chi connectivity index (χ0n) is 11.8. The van der Waals surface area contributed by atoms with E-state index >= 15 is 0 Å². The number of carbonyl (C=O) groups excluding carboxylic acids is 1. The molecule has 1 N–H and O–H groups in total. The van der Waals surface area contributed by atoms with Crippen LogP contribution in [0, 0.1) is 5.41 Å². The van der Waals surface area contributed by atoms with Gasteiger partial charge in [-0.2, -0.15) is 0 Å². The van der Waals surface area contributed by atoms with Crippen molar-refractivity contribution in [3.05, 3.63) is 47.2 Å². The van der Waals surface area contributed by atoms with E-state index in [1.54, 1.807) is 0 Å². The van der Waals surface area contributed by atoms with Crippen molar-refractivity contribution in [2.24, 2.45) is 10.6 Å². The molecule has 0 atom stereocenters. The summed E-state index contributed by atoms with van der Waals surface area (Å²) in [5, 5.41) is 13.7. The number of rotatable bonds is 4. The number of hydrogen-bond acceptors (Lipinski definition) is 4. The molecule has 0 bridgehead atoms. The minimum Gasteiger partial charge on any atom is -0.511 e. The fourth-order valence-electron chi connectivity index (χ4n) is 2.22. The van der Waals surface area contributed by atoms with Crippen LogP contribution in [0.5, 0.6) is 0 Å². The number of carbonyl (C=O) groups is 1. The molecule has 2 rings (SSSR count). The molecule has 0 aliphatic heterocycles. The molecule has 106 valence electrons. The number of oxime groups is 1. The lowest BCUT2D eigenvalue weighted by Gasteiger charge is -2.28. The molecule has 0 radical (unpaired) electrons. The zero-order valence-corrected chi connectivity index (χ0v) is 11.8. The molecule has 0 fully saturated rings. The number of allylic oxidation sites excluding steroid dienone is 2. The van der Waals surface area contributed by atoms with E-state index in [1.165, 1.54) is 6.21 Å². The number of nitrogens with zero attached hydrogens (tertiary/aromatic N) is 1. The summed E-state index contributed by atoms with van der Waals surface area (Å²) in [7, 11) is 0. The SMILES string of the molecule is CC1(C)CC(=O)C(/C=N/OCc2ccccc2)=C(O)C1. The smallest absolute Gasteiger partial charge is 0.168 e. The highest BCUT2D eigenvalue weighted by atomic mass is 16.6. The highest BCUT2D eigenvalue weighted by Gasteiger charge is 2.32. The van der Waals surface area contributed by atoms with Gasteiger partial charge in [0.25, 0.3) is 0 Å². The minimum absolute atomic E-state index is 0.0918. The van der Waals surface area contributed by atoms with Gasteiger partial charge in [-0.05, 0) is 11.0 Å². The Bertz CT molecular complexity index is 544. The van der Waals surface area contributed by atoms with Crippen LogP contribution in [-0.4, -0.2) is 17.1 Å². The minimum atomic E-state index is -0.191. The average molecular weight is 273 g/mol. The Morgan fingerprint density at radius 1 is 1.30 bits per heavy atom. The van der Waals surface area contributed by atoms with Gasteiger partial charge in [-0.1, -0.05) is 49.3 Å². The molecule has 0 amide bonds. The maximum Gasteiger partial charge on any atom is 0.168 e. The largest absolute Gasteiger partial charge is 0.511 e. The Morgan fingerprint density at radius 3 is 2.65 bits per heavy atom. The number of aliphatic hydroxyl groups excluding tert-OH is 1. The van der Waals surface area contributed by atoms with Crippen molar-refractivity contribution in [2.45, 2.75) is 33.3 Å². The van der Waals surface area contributed by atoms with E-state index in [0.717, 1.165) is 5.56 Å². The van der Waals surface area contributed by atoms with Crippen LogP contribution in [0.4, 0.5) is 0 Å². The van der Waals surface area contributed by atoms with Crippen LogP contribution in [0.15, 0.2) is 46.8 Å². The van der Waals surface area contributed by atoms with Crippen LogP contribution in [0.25, 0.3) is 0 Å². The summed E-state index contributed by atoms with van der Waals surface area (Å²) >= 11 is 0. The molecule has 1 aliphatic carbocycles. The summed E-state index contributed by atoms with van der Waals surface area (Å²) in [4.78, 5) is 17.1. The molecule has 0 spiro atoms. The molecule has 20 heavy (non-hydrogen) atoms. The number of Topliss-reactive ketones (excluding diaryl/α,β-unsaturated/α-hetero) is 1. The number of hydrogen-bond donors (Lipinski definition) is 1. The van der Waals surface area contributed by atoms with E-state index in [4.69, 9.17) is 4.84 Å². The Morgan fingerprint density at radius 2 is 2.00 bits per heavy atom. The number of benzene rings is 1. The molecular formula is C16H19NO3. The van der Waals surface area contributed by atoms with Gasteiger partial charge in [-0.25, -0.2) is 0 Å². The molecule has 4 heteroatoms. The van der Waals surface area contributed by atoms with Crippen molar-refractivity contribution >= 4 is 12.0 Å². The summed E-state index contributed by atoms with van der Waals surface area (Å²) in [6.07, 6.45) is 2.21. The Hall–Kier alpha value is -2.10. The van der Waals surface area contributed by atoms with Gasteiger partial charge in [-0.15, -0.1) is 0 Å². The van der Waals surface area contributed by atoms with Crippen molar-refractivity contribution in [1.82, 2.24) is 0 Å². The third-order valence-corrected chi connectivity index (χ3v) is 3.23. The second-order valence-electron chi connectivity index (χ2n) is 5.79. The summed E-state index contributed by atoms with van der Waals surface area (Å²) in [6.45, 7) is 4.26. The monoisotopic (exact) mass is 273 g/mol. The lowest BCUT2D eigenvalue weighted by atomic mass is 9.77. The lowest BCUT2D eigenvalue weighted by molar-refractivity contribution is -0.117. The summed E-state index contributed by atoms with van der Waals surface area (Å²) < 4.78 is 0. The van der Waals surface area contributed by atoms with Gasteiger partial charge >= 0.3 is 0 Å². The van der Waals surface area contributed by atoms with Crippen LogP contribution in [0.3, 0.4) is 0 Å². The van der Waals surface area contributed by atoms with Gasteiger partial charge in [0, 0.05) is 12.8 Å². The van der Waals surface area contributed by atoms with E-state index in [0.29, 0.717) is 19.4 Å². The fraction of sp³-hybridized carbons (Fsp3) is 0.375. The Labute approximate surface area is 118 Å². The van der Waals surface area contributed by atoms with Gasteiger partial charge in [-0.3, -0.25) is 4.79 Å². The topological polar surface area (TPSA) is 58.9 Å². The quantitative estimate of drug-likeness (QED) is 0.675. The molecule has 1 aromatic carbocycles. The van der Waals surface area contributed by atoms with Crippen molar-refractivity contribution in [2.75, 3.05) is 0 Å². The van der Waals surface area contributed by atoms with E-state index < -0.39 is 0 Å². The molecule has 0 aromatic heterocycles. The van der Waals surface area contributed by atoms with E-state index in [2.05, 4.69) is 5.16 Å². The Kier molecular flexibility index (Phi) is 4.23. The molecule has 0 saturated heterocycles. The molecular weight excluding hydrogens is 254 g/mol. The predicted octanol–water partition coefficient (Wildman–Crippen LogP) is 3.39. The lowest BCUT2D eigenvalue weighted by Crippen LogP contribution is -2.26. The maximum atomic E-state index is 11.9. The normalized spacial score (nSPS) is 18.6. The van der Waals surface area contributed by atoms with E-state index in [1.807, 2.05) is 44.2 Å². The highest BCUT2D eigenvalue weighted by molar-refractivity contribution is 6.14. The molecule has 1 aliphatic rings. The van der Waals surface area contributed by atoms with Gasteiger partial charge in [0.2, 0.25) is 0 Å². The van der Waals surface area contributed by atoms with Gasteiger partial charge in [0.1, 0.15) is 12.4 Å². The first-order valence-electron chi connectivity index (χ1n) is 6.62. The van der Waals surface area contributed by atoms with Gasteiger partial charge in [0.05, 0.1) is 11.8 Å². The van der Waals surface area contributed by atoms with E-state index in [-0.39, 0.29) is 22.5 Å². The second kappa shape index (κ2) is 5.90. The highest BCUT2D eigenvalue weighted by Crippen LogP contribution is 2.35. The molecule has 0 heterocycles. The summed E-state index contributed by atoms with van der Waals surface area (Å²) in [6, 6.07) is 9.63. The van der Waals surface area contributed by atoms with Crippen molar-refractivity contribution in [3.63, 3.8) is 0 Å². The van der Waals surface area contributed by atoms with Crippen molar-refractivity contribution < 1.29 is 14.7 Å². The molecule has 4 nitrogen and oxygen atoms in total. The first-order chi connectivity index (χ1) is 9.48. The maximum absolute atomic E-state index is 11.9. The number of aliphatic hydroxyl groups is 1. The Balaban J connectivity index is 1.96. The van der Waals surface area contributed by atoms with E-state index in [9.17, 15) is 9.90 Å². The van der Waals surface area contributed by atoms with Crippen molar-refractivity contribution in [1.29, 1.82) is 0 Å². The third kappa shape index (κ3) is 3.70. The summed E-state index contributed by atoms with van der Waals surface area (Å²) in [5.41, 5.74) is 1.07. The molecule has 1 aromatic rings. The average Bonchev–Trinajstić information content (AvgIpc) is 2.37. The zero-order chi connectivity index (χ0) is 14.6. The number of ketones is 1. The standard InChI is InChI=1S/C16H19NO3/c1-16(2)8-14(18)13(15(19)9-16)10-17-20-11-12-6-4-3-5-7-12/h3-7,10,18H,8-9,11H2,1-2H3/b17-10+. The first kappa shape index (κ1) is 14.3. The second-order valence-corrected chi connectivity index (χ2v) is 5.79. The van der Waals surface area contributed by atoms with Crippen LogP contribution in [0.2, 0.25) is 0 Å². The molecule has 0 saturated carbocycles. The fourth-order valence-corrected chi connectivity index (χ4v) is 2.22. The third-order valence-electron chi connectivity index (χ3n) is 3.23. The first-order valence-corrected chi connectivity index (χ1v) is 6.62. The van der Waals surface area contributed by atoms with Crippen LogP contribution >= 0.6 is 0 Å². The van der Waals surface area contributed by atoms with Gasteiger partial charge < -0.3 is 9.94 Å².